The lowest BCUT2D eigenvalue weighted by Gasteiger charge is -2.09. The first-order chi connectivity index (χ1) is 11.0. The highest BCUT2D eigenvalue weighted by molar-refractivity contribution is 6.02. The summed E-state index contributed by atoms with van der Waals surface area (Å²) in [5.41, 5.74) is 0.614. The standard InChI is InChI=1S/C17H20N2O4/c1-12(2)10-18-16(20)11-23-14-7-5-13(6-8-14)19-17(21)15-4-3-9-22-15/h3-9,12H,10-11H2,1-2H3,(H,18,20)(H,19,21). The molecule has 0 aliphatic carbocycles. The van der Waals surface area contributed by atoms with Gasteiger partial charge in [0.25, 0.3) is 11.8 Å². The maximum atomic E-state index is 11.8. The molecule has 2 rings (SSSR count). The van der Waals surface area contributed by atoms with Gasteiger partial charge in [-0.3, -0.25) is 9.59 Å². The van der Waals surface area contributed by atoms with Crippen LogP contribution in [0.1, 0.15) is 24.4 Å². The molecule has 2 N–H and O–H groups in total. The Kier molecular flexibility index (Phi) is 5.80. The summed E-state index contributed by atoms with van der Waals surface area (Å²) in [6.07, 6.45) is 1.44. The van der Waals surface area contributed by atoms with Gasteiger partial charge in [0.15, 0.2) is 12.4 Å². The molecular formula is C17H20N2O4. The second-order valence-electron chi connectivity index (χ2n) is 5.44. The van der Waals surface area contributed by atoms with Crippen LogP contribution in [-0.2, 0) is 4.79 Å². The van der Waals surface area contributed by atoms with Crippen molar-refractivity contribution in [1.29, 1.82) is 0 Å². The second-order valence-corrected chi connectivity index (χ2v) is 5.44. The van der Waals surface area contributed by atoms with Crippen LogP contribution in [0.5, 0.6) is 5.75 Å². The van der Waals surface area contributed by atoms with Crippen LogP contribution in [0.25, 0.3) is 0 Å². The number of amides is 2. The molecule has 0 aliphatic rings. The van der Waals surface area contributed by atoms with Crippen LogP contribution >= 0.6 is 0 Å². The number of carbonyl (C=O) groups is 2. The Morgan fingerprint density at radius 2 is 1.91 bits per heavy atom. The molecule has 2 aromatic rings. The molecule has 2 amide bonds. The summed E-state index contributed by atoms with van der Waals surface area (Å²) in [4.78, 5) is 23.4. The molecule has 0 fully saturated rings. The highest BCUT2D eigenvalue weighted by atomic mass is 16.5. The molecule has 0 unspecified atom stereocenters. The van der Waals surface area contributed by atoms with Gasteiger partial charge < -0.3 is 19.8 Å². The van der Waals surface area contributed by atoms with Crippen molar-refractivity contribution in [2.75, 3.05) is 18.5 Å². The van der Waals surface area contributed by atoms with Gasteiger partial charge >= 0.3 is 0 Å². The predicted molar refractivity (Wildman–Crippen MR) is 86.4 cm³/mol. The number of hydrogen-bond donors (Lipinski definition) is 2. The third-order valence-electron chi connectivity index (χ3n) is 2.93. The largest absolute Gasteiger partial charge is 0.484 e. The van der Waals surface area contributed by atoms with Gasteiger partial charge in [0.2, 0.25) is 0 Å². The number of hydrogen-bond acceptors (Lipinski definition) is 4. The van der Waals surface area contributed by atoms with Crippen LogP contribution in [0.15, 0.2) is 47.1 Å². The molecule has 1 heterocycles. The third kappa shape index (κ3) is 5.50. The minimum absolute atomic E-state index is 0.0369. The highest BCUT2D eigenvalue weighted by Crippen LogP contribution is 2.16. The molecule has 0 saturated carbocycles. The Morgan fingerprint density at radius 1 is 1.17 bits per heavy atom. The summed E-state index contributed by atoms with van der Waals surface area (Å²) in [5.74, 6) is 0.717. The molecule has 23 heavy (non-hydrogen) atoms. The van der Waals surface area contributed by atoms with Crippen molar-refractivity contribution < 1.29 is 18.7 Å². The molecule has 0 saturated heterocycles. The zero-order valence-electron chi connectivity index (χ0n) is 13.2. The lowest BCUT2D eigenvalue weighted by atomic mass is 10.2. The number of rotatable bonds is 7. The molecule has 0 bridgehead atoms. The van der Waals surface area contributed by atoms with E-state index in [0.717, 1.165) is 0 Å². The van der Waals surface area contributed by atoms with E-state index in [1.165, 1.54) is 6.26 Å². The normalized spacial score (nSPS) is 10.4. The van der Waals surface area contributed by atoms with Crippen LogP contribution in [0.3, 0.4) is 0 Å². The van der Waals surface area contributed by atoms with Gasteiger partial charge in [-0.1, -0.05) is 13.8 Å². The van der Waals surface area contributed by atoms with Crippen molar-refractivity contribution in [1.82, 2.24) is 5.32 Å². The van der Waals surface area contributed by atoms with E-state index in [-0.39, 0.29) is 24.2 Å². The molecule has 0 aliphatic heterocycles. The fourth-order valence-corrected chi connectivity index (χ4v) is 1.75. The molecule has 6 heteroatoms. The van der Waals surface area contributed by atoms with Crippen LogP contribution in [0.4, 0.5) is 5.69 Å². The van der Waals surface area contributed by atoms with Crippen LogP contribution in [0.2, 0.25) is 0 Å². The van der Waals surface area contributed by atoms with E-state index in [1.54, 1.807) is 36.4 Å². The van der Waals surface area contributed by atoms with Gasteiger partial charge in [0, 0.05) is 12.2 Å². The van der Waals surface area contributed by atoms with E-state index in [2.05, 4.69) is 10.6 Å². The summed E-state index contributed by atoms with van der Waals surface area (Å²) in [6.45, 7) is 4.64. The SMILES string of the molecule is CC(C)CNC(=O)COc1ccc(NC(=O)c2ccco2)cc1. The first-order valence-corrected chi connectivity index (χ1v) is 7.39. The summed E-state index contributed by atoms with van der Waals surface area (Å²) in [5, 5.41) is 5.48. The van der Waals surface area contributed by atoms with E-state index in [4.69, 9.17) is 9.15 Å². The van der Waals surface area contributed by atoms with Gasteiger partial charge in [0.05, 0.1) is 6.26 Å². The fraction of sp³-hybridized carbons (Fsp3) is 0.294. The smallest absolute Gasteiger partial charge is 0.291 e. The third-order valence-corrected chi connectivity index (χ3v) is 2.93. The van der Waals surface area contributed by atoms with Gasteiger partial charge in [-0.25, -0.2) is 0 Å². The molecule has 0 spiro atoms. The number of benzene rings is 1. The Labute approximate surface area is 134 Å². The number of furan rings is 1. The number of anilines is 1. The monoisotopic (exact) mass is 316 g/mol. The zero-order valence-corrected chi connectivity index (χ0v) is 13.2. The summed E-state index contributed by atoms with van der Waals surface area (Å²) in [6, 6.07) is 10.0. The maximum Gasteiger partial charge on any atom is 0.291 e. The van der Waals surface area contributed by atoms with Crippen LogP contribution < -0.4 is 15.4 Å². The first-order valence-electron chi connectivity index (χ1n) is 7.39. The second kappa shape index (κ2) is 8.03. The van der Waals surface area contributed by atoms with Gasteiger partial charge in [-0.15, -0.1) is 0 Å². The topological polar surface area (TPSA) is 80.6 Å². The Bertz CT molecular complexity index is 633. The van der Waals surface area contributed by atoms with E-state index in [0.29, 0.717) is 23.9 Å². The van der Waals surface area contributed by atoms with Gasteiger partial charge in [0.1, 0.15) is 5.75 Å². The van der Waals surface area contributed by atoms with Crippen molar-refractivity contribution in [3.8, 4) is 5.75 Å². The molecule has 1 aromatic heterocycles. The number of carbonyl (C=O) groups excluding carboxylic acids is 2. The summed E-state index contributed by atoms with van der Waals surface area (Å²) in [7, 11) is 0. The summed E-state index contributed by atoms with van der Waals surface area (Å²) < 4.78 is 10.4. The lowest BCUT2D eigenvalue weighted by molar-refractivity contribution is -0.123. The Morgan fingerprint density at radius 3 is 2.52 bits per heavy atom. The quantitative estimate of drug-likeness (QED) is 0.823. The fourth-order valence-electron chi connectivity index (χ4n) is 1.75. The molecule has 122 valence electrons. The van der Waals surface area contributed by atoms with Crippen molar-refractivity contribution in [2.24, 2.45) is 5.92 Å². The molecule has 1 aromatic carbocycles. The molecule has 6 nitrogen and oxygen atoms in total. The van der Waals surface area contributed by atoms with Gasteiger partial charge in [-0.2, -0.15) is 0 Å². The van der Waals surface area contributed by atoms with Crippen molar-refractivity contribution in [3.05, 3.63) is 48.4 Å². The minimum Gasteiger partial charge on any atom is -0.484 e. The zero-order chi connectivity index (χ0) is 16.7. The lowest BCUT2D eigenvalue weighted by Crippen LogP contribution is -2.31. The Balaban J connectivity index is 1.80. The van der Waals surface area contributed by atoms with E-state index < -0.39 is 0 Å². The van der Waals surface area contributed by atoms with E-state index in [9.17, 15) is 9.59 Å². The van der Waals surface area contributed by atoms with E-state index in [1.807, 2.05) is 13.8 Å². The Hall–Kier alpha value is -2.76. The average molecular weight is 316 g/mol. The van der Waals surface area contributed by atoms with Crippen LogP contribution in [0, 0.1) is 5.92 Å². The molecular weight excluding hydrogens is 296 g/mol. The maximum absolute atomic E-state index is 11.8. The van der Waals surface area contributed by atoms with Crippen molar-refractivity contribution in [3.63, 3.8) is 0 Å². The number of ether oxygens (including phenoxy) is 1. The highest BCUT2D eigenvalue weighted by Gasteiger charge is 2.09. The number of nitrogens with one attached hydrogen (secondary N) is 2. The first kappa shape index (κ1) is 16.6. The average Bonchev–Trinajstić information content (AvgIpc) is 3.07. The van der Waals surface area contributed by atoms with Crippen molar-refractivity contribution >= 4 is 17.5 Å². The van der Waals surface area contributed by atoms with Gasteiger partial charge in [-0.05, 0) is 42.3 Å². The minimum atomic E-state index is -0.322. The summed E-state index contributed by atoms with van der Waals surface area (Å²) >= 11 is 0. The molecule has 0 radical (unpaired) electrons. The molecule has 0 atom stereocenters. The van der Waals surface area contributed by atoms with Crippen molar-refractivity contribution in [2.45, 2.75) is 13.8 Å². The van der Waals surface area contributed by atoms with E-state index >= 15 is 0 Å². The predicted octanol–water partition coefficient (Wildman–Crippen LogP) is 2.68. The van der Waals surface area contributed by atoms with Crippen LogP contribution in [-0.4, -0.2) is 25.0 Å².